The Bertz CT molecular complexity index is 1080. The van der Waals surface area contributed by atoms with E-state index in [1.807, 2.05) is 0 Å². The minimum Gasteiger partial charge on any atom is -0.438 e. The van der Waals surface area contributed by atoms with Crippen molar-refractivity contribution in [2.45, 2.75) is 37.8 Å². The maximum atomic E-state index is 13.9. The van der Waals surface area contributed by atoms with Gasteiger partial charge in [0.1, 0.15) is 17.2 Å². The highest BCUT2D eigenvalue weighted by atomic mass is 35.5. The summed E-state index contributed by atoms with van der Waals surface area (Å²) in [5.41, 5.74) is 0.192. The lowest BCUT2D eigenvalue weighted by Gasteiger charge is -2.43. The highest BCUT2D eigenvalue weighted by molar-refractivity contribution is 7.88. The Morgan fingerprint density at radius 3 is 2.50 bits per heavy atom. The summed E-state index contributed by atoms with van der Waals surface area (Å²) < 4.78 is 58.4. The fourth-order valence-corrected chi connectivity index (χ4v) is 4.51. The molecule has 1 N–H and O–H groups in total. The highest BCUT2D eigenvalue weighted by Gasteiger charge is 2.43. The molecule has 3 rings (SSSR count). The van der Waals surface area contributed by atoms with Crippen LogP contribution in [0.2, 0.25) is 5.02 Å². The second-order valence-corrected chi connectivity index (χ2v) is 10.2. The van der Waals surface area contributed by atoms with Gasteiger partial charge in [-0.15, -0.1) is 0 Å². The smallest absolute Gasteiger partial charge is 0.411 e. The zero-order valence-corrected chi connectivity index (χ0v) is 19.3. The molecule has 0 unspecified atom stereocenters. The SMILES string of the molecule is C[C@@H](c1ccc(Cl)c(F)c1)N1CC[C@@](CCCNS(C)(=O)=O)(c2ccc(F)cc2)OC1=O. The molecule has 32 heavy (non-hydrogen) atoms. The zero-order valence-electron chi connectivity index (χ0n) is 17.8. The number of amides is 1. The minimum absolute atomic E-state index is 0.000186. The largest absolute Gasteiger partial charge is 0.438 e. The molecule has 6 nitrogen and oxygen atoms in total. The van der Waals surface area contributed by atoms with Crippen LogP contribution in [0.3, 0.4) is 0 Å². The van der Waals surface area contributed by atoms with E-state index >= 15 is 0 Å². The molecule has 0 aliphatic carbocycles. The molecule has 0 saturated carbocycles. The minimum atomic E-state index is -3.34. The topological polar surface area (TPSA) is 75.7 Å². The number of nitrogens with one attached hydrogen (secondary N) is 1. The van der Waals surface area contributed by atoms with Crippen LogP contribution in [0.15, 0.2) is 42.5 Å². The molecule has 1 fully saturated rings. The first-order valence-electron chi connectivity index (χ1n) is 10.2. The molecular weight excluding hydrogens is 462 g/mol. The van der Waals surface area contributed by atoms with E-state index in [9.17, 15) is 22.0 Å². The third kappa shape index (κ3) is 5.76. The van der Waals surface area contributed by atoms with Crippen molar-refractivity contribution in [2.24, 2.45) is 0 Å². The molecule has 0 aromatic heterocycles. The number of carbonyl (C=O) groups excluding carboxylic acids is 1. The van der Waals surface area contributed by atoms with Gasteiger partial charge >= 0.3 is 6.09 Å². The van der Waals surface area contributed by atoms with Crippen LogP contribution in [-0.2, 0) is 20.4 Å². The molecule has 1 aliphatic rings. The number of carbonyl (C=O) groups is 1. The number of rotatable bonds is 8. The molecule has 2 aromatic carbocycles. The van der Waals surface area contributed by atoms with Crippen molar-refractivity contribution in [3.8, 4) is 0 Å². The number of ether oxygens (including phenoxy) is 1. The van der Waals surface area contributed by atoms with Crippen LogP contribution in [0.5, 0.6) is 0 Å². The average Bonchev–Trinajstić information content (AvgIpc) is 2.73. The van der Waals surface area contributed by atoms with Crippen molar-refractivity contribution >= 4 is 27.7 Å². The van der Waals surface area contributed by atoms with Gasteiger partial charge in [0.2, 0.25) is 10.0 Å². The van der Waals surface area contributed by atoms with Crippen molar-refractivity contribution in [3.05, 3.63) is 70.2 Å². The molecule has 1 amide bonds. The van der Waals surface area contributed by atoms with Gasteiger partial charge in [-0.3, -0.25) is 0 Å². The van der Waals surface area contributed by atoms with Gasteiger partial charge in [0.05, 0.1) is 17.3 Å². The first kappa shape index (κ1) is 24.4. The molecule has 1 saturated heterocycles. The van der Waals surface area contributed by atoms with Crippen LogP contribution in [0, 0.1) is 11.6 Å². The van der Waals surface area contributed by atoms with Gasteiger partial charge in [-0.25, -0.2) is 26.7 Å². The lowest BCUT2D eigenvalue weighted by atomic mass is 9.84. The molecule has 2 aromatic rings. The van der Waals surface area contributed by atoms with Crippen LogP contribution in [0.25, 0.3) is 0 Å². The number of halogens is 3. The molecule has 0 spiro atoms. The van der Waals surface area contributed by atoms with Gasteiger partial charge in [-0.2, -0.15) is 0 Å². The molecule has 174 valence electrons. The normalized spacial score (nSPS) is 20.2. The Morgan fingerprint density at radius 1 is 1.22 bits per heavy atom. The van der Waals surface area contributed by atoms with Gasteiger partial charge in [0.25, 0.3) is 0 Å². The Kier molecular flexibility index (Phi) is 7.42. The molecule has 0 radical (unpaired) electrons. The number of benzene rings is 2. The van der Waals surface area contributed by atoms with Crippen molar-refractivity contribution in [3.63, 3.8) is 0 Å². The fourth-order valence-electron chi connectivity index (χ4n) is 3.88. The second kappa shape index (κ2) is 9.72. The van der Waals surface area contributed by atoms with E-state index in [4.69, 9.17) is 16.3 Å². The van der Waals surface area contributed by atoms with Gasteiger partial charge in [-0.1, -0.05) is 29.8 Å². The third-order valence-electron chi connectivity index (χ3n) is 5.66. The van der Waals surface area contributed by atoms with Crippen molar-refractivity contribution < 1.29 is 26.7 Å². The lowest BCUT2D eigenvalue weighted by molar-refractivity contribution is -0.0662. The quantitative estimate of drug-likeness (QED) is 0.546. The summed E-state index contributed by atoms with van der Waals surface area (Å²) in [6.45, 7) is 2.27. The van der Waals surface area contributed by atoms with Gasteiger partial charge in [0, 0.05) is 19.5 Å². The van der Waals surface area contributed by atoms with E-state index in [1.54, 1.807) is 25.1 Å². The predicted octanol–water partition coefficient (Wildman–Crippen LogP) is 4.75. The molecule has 2 atom stereocenters. The maximum absolute atomic E-state index is 13.9. The molecule has 1 heterocycles. The fraction of sp³-hybridized carbons (Fsp3) is 0.409. The molecule has 10 heteroatoms. The van der Waals surface area contributed by atoms with E-state index in [0.717, 1.165) is 6.26 Å². The van der Waals surface area contributed by atoms with Crippen LogP contribution in [-0.4, -0.2) is 38.8 Å². The summed E-state index contributed by atoms with van der Waals surface area (Å²) in [6, 6.07) is 9.67. The number of cyclic esters (lactones) is 1. The summed E-state index contributed by atoms with van der Waals surface area (Å²) in [6.07, 6.45) is 1.66. The molecule has 1 aliphatic heterocycles. The van der Waals surface area contributed by atoms with Crippen LogP contribution >= 0.6 is 11.6 Å². The Balaban J connectivity index is 1.79. The second-order valence-electron chi connectivity index (χ2n) is 7.93. The summed E-state index contributed by atoms with van der Waals surface area (Å²) in [5.74, 6) is -0.981. The summed E-state index contributed by atoms with van der Waals surface area (Å²) in [4.78, 5) is 14.5. The number of hydrogen-bond donors (Lipinski definition) is 1. The predicted molar refractivity (Wildman–Crippen MR) is 118 cm³/mol. The number of sulfonamides is 1. The van der Waals surface area contributed by atoms with Gasteiger partial charge < -0.3 is 9.64 Å². The first-order chi connectivity index (χ1) is 15.0. The zero-order chi connectivity index (χ0) is 23.5. The van der Waals surface area contributed by atoms with Crippen molar-refractivity contribution in [1.82, 2.24) is 9.62 Å². The van der Waals surface area contributed by atoms with Gasteiger partial charge in [0.15, 0.2) is 0 Å². The number of nitrogens with zero attached hydrogens (tertiary/aromatic N) is 1. The Morgan fingerprint density at radius 2 is 1.91 bits per heavy atom. The van der Waals surface area contributed by atoms with E-state index in [1.165, 1.54) is 29.2 Å². The van der Waals surface area contributed by atoms with Crippen LogP contribution in [0.1, 0.15) is 43.4 Å². The average molecular weight is 487 g/mol. The monoisotopic (exact) mass is 486 g/mol. The standard InChI is InChI=1S/C22H25ClF2N2O4S/c1-15(16-4-9-19(23)20(25)14-16)27-13-11-22(31-21(27)28,10-3-12-26-32(2,29)30)17-5-7-18(24)8-6-17/h4-9,14-15,26H,3,10-13H2,1-2H3/t15-,22-/m0/s1. The third-order valence-corrected chi connectivity index (χ3v) is 6.69. The van der Waals surface area contributed by atoms with E-state index in [2.05, 4.69) is 4.72 Å². The first-order valence-corrected chi connectivity index (χ1v) is 12.4. The van der Waals surface area contributed by atoms with E-state index < -0.39 is 39.4 Å². The van der Waals surface area contributed by atoms with Crippen molar-refractivity contribution in [2.75, 3.05) is 19.3 Å². The van der Waals surface area contributed by atoms with Crippen molar-refractivity contribution in [1.29, 1.82) is 0 Å². The maximum Gasteiger partial charge on any atom is 0.411 e. The van der Waals surface area contributed by atoms with Crippen LogP contribution in [0.4, 0.5) is 13.6 Å². The summed E-state index contributed by atoms with van der Waals surface area (Å²) >= 11 is 5.76. The number of hydrogen-bond acceptors (Lipinski definition) is 4. The highest BCUT2D eigenvalue weighted by Crippen LogP contribution is 2.40. The van der Waals surface area contributed by atoms with E-state index in [-0.39, 0.29) is 11.6 Å². The summed E-state index contributed by atoms with van der Waals surface area (Å²) in [5, 5.41) is 0.000186. The Labute approximate surface area is 191 Å². The van der Waals surface area contributed by atoms with E-state index in [0.29, 0.717) is 36.9 Å². The Hall–Kier alpha value is -2.23. The molecule has 0 bridgehead atoms. The van der Waals surface area contributed by atoms with Crippen LogP contribution < -0.4 is 4.72 Å². The van der Waals surface area contributed by atoms with Gasteiger partial charge in [-0.05, 0) is 55.2 Å². The summed E-state index contributed by atoms with van der Waals surface area (Å²) in [7, 11) is -3.34. The lowest BCUT2D eigenvalue weighted by Crippen LogP contribution is -2.49. The molecular formula is C22H25ClF2N2O4S.